The maximum atomic E-state index is 16.9. The average Bonchev–Trinajstić information content (AvgIpc) is 0.669. The second kappa shape index (κ2) is 34.3. The van der Waals surface area contributed by atoms with Gasteiger partial charge in [-0.05, 0) is 134 Å². The molecule has 13 aromatic carbocycles. The van der Waals surface area contributed by atoms with Crippen molar-refractivity contribution >= 4 is 96.1 Å². The SMILES string of the molecule is CO[Si](Cc1cccc(CN2CCN(C(=O)C(c3ccccc3)N3C(=O)c4cc(Oc5ccc(C)cc5)c5c6c(Oc7ccc(C)cc7)cc7c8c(cc(Oc9ccc(C)cc9)c(c9c(Oc%10ccc(C)cc%10)cc(c4c59)C3=O)c86)C(=O)N(C(C(=O)N3CCN(Cc4cccc(C[Si](OC)(OC)OC)c4)CC3)c3ccccc3)C7=O)CC2)c1)(OC)OC. The second-order valence-corrected chi connectivity index (χ2v) is 37.6. The highest BCUT2D eigenvalue weighted by molar-refractivity contribution is 6.60. The van der Waals surface area contributed by atoms with Gasteiger partial charge in [0.2, 0.25) is 0 Å². The Morgan fingerprint density at radius 3 is 0.828 bits per heavy atom. The van der Waals surface area contributed by atoms with E-state index in [0.29, 0.717) is 118 Å². The smallest absolute Gasteiger partial charge is 0.457 e. The van der Waals surface area contributed by atoms with Crippen LogP contribution >= 0.6 is 0 Å². The van der Waals surface area contributed by atoms with Gasteiger partial charge in [0.25, 0.3) is 35.4 Å². The Bertz CT molecular complexity index is 5560. The van der Waals surface area contributed by atoms with Gasteiger partial charge in [-0.2, -0.15) is 0 Å². The van der Waals surface area contributed by atoms with Crippen LogP contribution in [0.2, 0.25) is 0 Å². The second-order valence-electron chi connectivity index (χ2n) is 31.7. The molecule has 0 aliphatic carbocycles. The van der Waals surface area contributed by atoms with Crippen LogP contribution in [0.1, 0.15) is 109 Å². The van der Waals surface area contributed by atoms with Crippen LogP contribution < -0.4 is 18.9 Å². The molecule has 0 saturated carbocycles. The van der Waals surface area contributed by atoms with Crippen LogP contribution in [0.5, 0.6) is 46.0 Å². The van der Waals surface area contributed by atoms with E-state index in [4.69, 9.17) is 45.5 Å². The van der Waals surface area contributed by atoms with Gasteiger partial charge in [0.05, 0.1) is 22.3 Å². The molecule has 4 aliphatic heterocycles. The van der Waals surface area contributed by atoms with E-state index in [1.54, 1.807) is 125 Å². The van der Waals surface area contributed by atoms with E-state index in [1.165, 1.54) is 0 Å². The number of carbonyl (C=O) groups is 6. The molecule has 13 aromatic rings. The number of hydrogen-bond donors (Lipinski definition) is 0. The van der Waals surface area contributed by atoms with Gasteiger partial charge in [-0.15, -0.1) is 0 Å². The number of hydrogen-bond acceptors (Lipinski definition) is 18. The lowest BCUT2D eigenvalue weighted by Crippen LogP contribution is -2.54. The Morgan fingerprint density at radius 1 is 0.303 bits per heavy atom. The third-order valence-electron chi connectivity index (χ3n) is 24.0. The predicted octanol–water partition coefficient (Wildman–Crippen LogP) is 17.4. The molecule has 122 heavy (non-hydrogen) atoms. The number of ether oxygens (including phenoxy) is 4. The van der Waals surface area contributed by atoms with Crippen molar-refractivity contribution in [2.24, 2.45) is 0 Å². The van der Waals surface area contributed by atoms with Crippen molar-refractivity contribution < 1.29 is 74.3 Å². The molecule has 2 fully saturated rings. The molecule has 2 atom stereocenters. The summed E-state index contributed by atoms with van der Waals surface area (Å²) in [6, 6.07) is 68.5. The number of aryl methyl sites for hydroxylation is 4. The average molecular weight is 1670 g/mol. The van der Waals surface area contributed by atoms with E-state index in [0.717, 1.165) is 54.3 Å². The van der Waals surface area contributed by atoms with Crippen LogP contribution in [0.3, 0.4) is 0 Å². The Morgan fingerprint density at radius 2 is 0.566 bits per heavy atom. The fourth-order valence-corrected chi connectivity index (χ4v) is 20.9. The largest absolute Gasteiger partial charge is 0.504 e. The summed E-state index contributed by atoms with van der Waals surface area (Å²) >= 11 is 0. The van der Waals surface area contributed by atoms with Gasteiger partial charge >= 0.3 is 17.6 Å². The van der Waals surface area contributed by atoms with E-state index in [9.17, 15) is 0 Å². The Kier molecular flexibility index (Phi) is 23.1. The molecule has 22 nitrogen and oxygen atoms in total. The zero-order chi connectivity index (χ0) is 84.8. The Labute approximate surface area is 710 Å². The number of imide groups is 2. The van der Waals surface area contributed by atoms with Gasteiger partial charge in [0.15, 0.2) is 0 Å². The van der Waals surface area contributed by atoms with Crippen molar-refractivity contribution in [3.63, 3.8) is 0 Å². The minimum atomic E-state index is -2.95. The Balaban J connectivity index is 0.847. The van der Waals surface area contributed by atoms with Crippen LogP contribution in [0.25, 0.3) is 43.1 Å². The summed E-state index contributed by atoms with van der Waals surface area (Å²) in [4.78, 5) is 110. The third kappa shape index (κ3) is 15.7. The first-order chi connectivity index (χ1) is 59.2. The molecule has 24 heteroatoms. The highest BCUT2D eigenvalue weighted by Crippen LogP contribution is 2.59. The van der Waals surface area contributed by atoms with Gasteiger partial charge in [0.1, 0.15) is 58.1 Å². The zero-order valence-electron chi connectivity index (χ0n) is 69.8. The normalized spacial score (nSPS) is 15.3. The van der Waals surface area contributed by atoms with Gasteiger partial charge in [-0.25, -0.2) is 0 Å². The third-order valence-corrected chi connectivity index (χ3v) is 29.5. The van der Waals surface area contributed by atoms with Crippen molar-refractivity contribution in [3.05, 3.63) is 308 Å². The molecular weight excluding hydrogens is 1570 g/mol. The highest BCUT2D eigenvalue weighted by atomic mass is 28.4. The molecule has 6 amide bonds. The molecule has 620 valence electrons. The van der Waals surface area contributed by atoms with Crippen molar-refractivity contribution in [2.45, 2.75) is 65.0 Å². The van der Waals surface area contributed by atoms with Crippen LogP contribution in [0, 0.1) is 27.7 Å². The maximum Gasteiger partial charge on any atom is 0.504 e. The number of rotatable bonds is 28. The zero-order valence-corrected chi connectivity index (χ0v) is 71.8. The van der Waals surface area contributed by atoms with E-state index in [1.807, 2.05) is 161 Å². The molecular formula is C98H94N6O16Si2. The van der Waals surface area contributed by atoms with Gasteiger partial charge < -0.3 is 55.3 Å². The molecule has 4 heterocycles. The first-order valence-electron chi connectivity index (χ1n) is 40.9. The fourth-order valence-electron chi connectivity index (χ4n) is 17.6. The van der Waals surface area contributed by atoms with Gasteiger partial charge in [-0.3, -0.25) is 48.4 Å². The van der Waals surface area contributed by atoms with E-state index >= 15 is 28.8 Å². The van der Waals surface area contributed by atoms with Crippen LogP contribution in [0.4, 0.5) is 0 Å². The minimum absolute atomic E-state index is 0.0208. The minimum Gasteiger partial charge on any atom is -0.457 e. The molecule has 2 unspecified atom stereocenters. The summed E-state index contributed by atoms with van der Waals surface area (Å²) in [6.07, 6.45) is 0. The number of amides is 6. The molecule has 17 rings (SSSR count). The topological polar surface area (TPSA) is 214 Å². The fraction of sp³-hybridized carbons (Fsp3) is 0.245. The lowest BCUT2D eigenvalue weighted by Gasteiger charge is -2.40. The predicted molar refractivity (Wildman–Crippen MR) is 470 cm³/mol. The number of benzene rings is 13. The summed E-state index contributed by atoms with van der Waals surface area (Å²) in [5.41, 5.74) is 8.77. The lowest BCUT2D eigenvalue weighted by atomic mass is 9.80. The maximum absolute atomic E-state index is 16.9. The standard InChI is InChI=1S/C98H94N6O16Si2/c1-61-27-35-71(36-28-61)117-79-53-75-83-76(94(106)103(93(75)105)91(69-23-13-11-14-24-69)97(109)101-47-43-99(44-48-101)57-65-19-17-21-67(51-65)59-121(111-5,112-6)113-7)55-81(119-73-39-31-63(3)32-40-73)87-88-82(120-74-41-33-64(4)34-42-74)56-78-84-77(54-80(86(90(84)88)85(79)89(83)87)118-72-37-29-62(2)30-38-72)95(107)104(96(78)108)92(70-25-15-12-16-26-70)98(110)102-49-45-100(46-50-102)58-66-20-18-22-68(52-66)60-122(114-8,115-9)116-10/h11-42,51-56,91-92H,43-50,57-60H2,1-10H3. The molecule has 0 aromatic heterocycles. The Hall–Kier alpha value is -12.3. The first-order valence-corrected chi connectivity index (χ1v) is 44.8. The molecule has 2 saturated heterocycles. The molecule has 0 N–H and O–H groups in total. The molecule has 0 spiro atoms. The van der Waals surface area contributed by atoms with Crippen molar-refractivity contribution in [1.82, 2.24) is 29.4 Å². The summed E-state index contributed by atoms with van der Waals surface area (Å²) in [5.74, 6) is -2.18. The summed E-state index contributed by atoms with van der Waals surface area (Å²) in [6.45, 7) is 12.1. The van der Waals surface area contributed by atoms with E-state index in [2.05, 4.69) is 34.1 Å². The summed E-state index contributed by atoms with van der Waals surface area (Å²) < 4.78 is 64.0. The van der Waals surface area contributed by atoms with Gasteiger partial charge in [0, 0.05) is 163 Å². The van der Waals surface area contributed by atoms with Crippen molar-refractivity contribution in [2.75, 3.05) is 95.0 Å². The number of piperazine rings is 2. The molecule has 0 radical (unpaired) electrons. The number of carbonyl (C=O) groups excluding carboxylic acids is 6. The summed E-state index contributed by atoms with van der Waals surface area (Å²) in [5, 5.41) is 2.21. The quantitative estimate of drug-likeness (QED) is 0.0193. The van der Waals surface area contributed by atoms with Crippen molar-refractivity contribution in [1.29, 1.82) is 0 Å². The molecule has 4 aliphatic rings. The van der Waals surface area contributed by atoms with Crippen molar-refractivity contribution in [3.8, 4) is 46.0 Å². The van der Waals surface area contributed by atoms with E-state index in [-0.39, 0.29) is 82.2 Å². The molecule has 0 bridgehead atoms. The van der Waals surface area contributed by atoms with Crippen LogP contribution in [-0.2, 0) is 61.3 Å². The number of nitrogens with zero attached hydrogens (tertiary/aromatic N) is 6. The summed E-state index contributed by atoms with van der Waals surface area (Å²) in [7, 11) is 3.68. The van der Waals surface area contributed by atoms with E-state index < -0.39 is 65.1 Å². The first kappa shape index (κ1) is 82.0. The lowest BCUT2D eigenvalue weighted by molar-refractivity contribution is -0.138. The monoisotopic (exact) mass is 1670 g/mol. The number of fused-ring (bicyclic) bond motifs is 2. The highest BCUT2D eigenvalue weighted by Gasteiger charge is 2.49. The van der Waals surface area contributed by atoms with Crippen LogP contribution in [0.15, 0.2) is 231 Å². The van der Waals surface area contributed by atoms with Gasteiger partial charge in [-0.1, -0.05) is 180 Å². The van der Waals surface area contributed by atoms with Crippen LogP contribution in [-0.4, -0.2) is 177 Å².